The zero-order valence-corrected chi connectivity index (χ0v) is 12.6. The quantitative estimate of drug-likeness (QED) is 0.700. The summed E-state index contributed by atoms with van der Waals surface area (Å²) in [6.07, 6.45) is 1.45. The first-order valence-corrected chi connectivity index (χ1v) is 7.04. The Kier molecular flexibility index (Phi) is 4.24. The number of benzene rings is 1. The van der Waals surface area contributed by atoms with Crippen LogP contribution in [0.3, 0.4) is 0 Å². The summed E-state index contributed by atoms with van der Waals surface area (Å²) in [7, 11) is 0. The molecule has 0 unspecified atom stereocenters. The maximum atomic E-state index is 5.89. The lowest BCUT2D eigenvalue weighted by Gasteiger charge is -2.03. The summed E-state index contributed by atoms with van der Waals surface area (Å²) in [5, 5.41) is 1.23. The summed E-state index contributed by atoms with van der Waals surface area (Å²) >= 11 is 14.2. The first kappa shape index (κ1) is 12.4. The van der Waals surface area contributed by atoms with Gasteiger partial charge in [0.25, 0.3) is 0 Å². The van der Waals surface area contributed by atoms with Crippen LogP contribution in [0.4, 0.5) is 0 Å². The Labute approximate surface area is 119 Å². The van der Waals surface area contributed by atoms with Crippen molar-refractivity contribution in [3.8, 4) is 0 Å². The van der Waals surface area contributed by atoms with Crippen LogP contribution in [0.15, 0.2) is 49.5 Å². The van der Waals surface area contributed by atoms with E-state index < -0.39 is 0 Å². The number of hydrogen-bond donors (Lipinski definition) is 0. The molecular weight excluding hydrogens is 375 g/mol. The topological polar surface area (TPSA) is 25.8 Å². The van der Waals surface area contributed by atoms with E-state index in [0.29, 0.717) is 5.15 Å². The summed E-state index contributed by atoms with van der Waals surface area (Å²) in [6.45, 7) is 0. The Hall–Kier alpha value is -0.100. The van der Waals surface area contributed by atoms with Crippen LogP contribution in [0.2, 0.25) is 5.15 Å². The van der Waals surface area contributed by atoms with Crippen molar-refractivity contribution in [1.82, 2.24) is 9.97 Å². The Morgan fingerprint density at radius 3 is 2.44 bits per heavy atom. The van der Waals surface area contributed by atoms with Gasteiger partial charge in [-0.15, -0.1) is 0 Å². The van der Waals surface area contributed by atoms with Gasteiger partial charge in [-0.25, -0.2) is 9.97 Å². The van der Waals surface area contributed by atoms with E-state index in [4.69, 9.17) is 11.6 Å². The molecule has 1 heterocycles. The summed E-state index contributed by atoms with van der Waals surface area (Å²) in [6, 6.07) is 7.99. The van der Waals surface area contributed by atoms with E-state index in [2.05, 4.69) is 41.8 Å². The molecule has 0 radical (unpaired) electrons. The molecule has 16 heavy (non-hydrogen) atoms. The third-order valence-corrected chi connectivity index (χ3v) is 4.81. The normalized spacial score (nSPS) is 10.4. The van der Waals surface area contributed by atoms with Crippen LogP contribution in [0.5, 0.6) is 0 Å². The molecule has 2 nitrogen and oxygen atoms in total. The molecule has 2 rings (SSSR count). The van der Waals surface area contributed by atoms with Gasteiger partial charge in [-0.1, -0.05) is 39.3 Å². The first-order chi connectivity index (χ1) is 7.66. The Morgan fingerprint density at radius 2 is 1.75 bits per heavy atom. The van der Waals surface area contributed by atoms with Crippen molar-refractivity contribution in [2.75, 3.05) is 0 Å². The fraction of sp³-hybridized carbons (Fsp3) is 0. The highest BCUT2D eigenvalue weighted by Gasteiger charge is 2.08. The van der Waals surface area contributed by atoms with Gasteiger partial charge in [0, 0.05) is 9.37 Å². The van der Waals surface area contributed by atoms with Crippen molar-refractivity contribution in [2.24, 2.45) is 0 Å². The molecule has 0 spiro atoms. The molecule has 0 aliphatic heterocycles. The van der Waals surface area contributed by atoms with Crippen molar-refractivity contribution in [3.05, 3.63) is 44.7 Å². The summed E-state index contributed by atoms with van der Waals surface area (Å²) in [4.78, 5) is 9.14. The van der Waals surface area contributed by atoms with E-state index in [1.165, 1.54) is 18.1 Å². The zero-order valence-electron chi connectivity index (χ0n) is 7.82. The zero-order chi connectivity index (χ0) is 11.5. The fourth-order valence-corrected chi connectivity index (χ4v) is 2.70. The van der Waals surface area contributed by atoms with Crippen LogP contribution in [-0.2, 0) is 0 Å². The SMILES string of the molecule is Clc1ncnc(Sc2ccc(Br)cc2)c1Br. The molecule has 0 saturated heterocycles. The maximum absolute atomic E-state index is 5.89. The van der Waals surface area contributed by atoms with E-state index in [1.54, 1.807) is 0 Å². The number of nitrogens with zero attached hydrogens (tertiary/aromatic N) is 2. The highest BCUT2D eigenvalue weighted by atomic mass is 79.9. The van der Waals surface area contributed by atoms with Crippen molar-refractivity contribution in [1.29, 1.82) is 0 Å². The van der Waals surface area contributed by atoms with E-state index >= 15 is 0 Å². The standard InChI is InChI=1S/C10H5Br2ClN2S/c11-6-1-3-7(4-2-6)16-10-8(12)9(13)14-5-15-10/h1-5H. The lowest BCUT2D eigenvalue weighted by Crippen LogP contribution is -1.86. The Morgan fingerprint density at radius 1 is 1.06 bits per heavy atom. The largest absolute Gasteiger partial charge is 0.228 e. The first-order valence-electron chi connectivity index (χ1n) is 4.26. The molecule has 82 valence electrons. The second-order valence-corrected chi connectivity index (χ2v) is 5.97. The van der Waals surface area contributed by atoms with Crippen molar-refractivity contribution >= 4 is 55.2 Å². The van der Waals surface area contributed by atoms with Gasteiger partial charge < -0.3 is 0 Å². The van der Waals surface area contributed by atoms with Gasteiger partial charge in [0.1, 0.15) is 16.5 Å². The van der Waals surface area contributed by atoms with Crippen molar-refractivity contribution < 1.29 is 0 Å². The molecule has 0 aliphatic carbocycles. The van der Waals surface area contributed by atoms with Crippen molar-refractivity contribution in [2.45, 2.75) is 9.92 Å². The van der Waals surface area contributed by atoms with Crippen LogP contribution in [0, 0.1) is 0 Å². The third kappa shape index (κ3) is 2.97. The highest BCUT2D eigenvalue weighted by Crippen LogP contribution is 2.34. The monoisotopic (exact) mass is 378 g/mol. The van der Waals surface area contributed by atoms with E-state index in [0.717, 1.165) is 18.9 Å². The molecule has 1 aromatic carbocycles. The number of aromatic nitrogens is 2. The molecule has 1 aromatic heterocycles. The second kappa shape index (κ2) is 5.49. The van der Waals surface area contributed by atoms with Gasteiger partial charge in [0.2, 0.25) is 0 Å². The minimum absolute atomic E-state index is 0.426. The maximum Gasteiger partial charge on any atom is 0.147 e. The smallest absolute Gasteiger partial charge is 0.147 e. The molecular formula is C10H5Br2ClN2S. The molecule has 0 atom stereocenters. The van der Waals surface area contributed by atoms with Gasteiger partial charge in [-0.05, 0) is 40.2 Å². The molecule has 0 aliphatic rings. The van der Waals surface area contributed by atoms with E-state index in [1.807, 2.05) is 24.3 Å². The third-order valence-electron chi connectivity index (χ3n) is 1.74. The van der Waals surface area contributed by atoms with Gasteiger partial charge in [-0.3, -0.25) is 0 Å². The van der Waals surface area contributed by atoms with E-state index in [9.17, 15) is 0 Å². The molecule has 0 bridgehead atoms. The van der Waals surface area contributed by atoms with Crippen LogP contribution in [0.25, 0.3) is 0 Å². The molecule has 2 aromatic rings. The Balaban J connectivity index is 2.27. The minimum Gasteiger partial charge on any atom is -0.228 e. The predicted molar refractivity (Wildman–Crippen MR) is 73.0 cm³/mol. The molecule has 6 heteroatoms. The number of hydrogen-bond acceptors (Lipinski definition) is 3. The molecule has 0 N–H and O–H groups in total. The average molecular weight is 380 g/mol. The van der Waals surface area contributed by atoms with Gasteiger partial charge >= 0.3 is 0 Å². The molecule has 0 fully saturated rings. The van der Waals surface area contributed by atoms with Crippen LogP contribution in [0.1, 0.15) is 0 Å². The van der Waals surface area contributed by atoms with Crippen molar-refractivity contribution in [3.63, 3.8) is 0 Å². The summed E-state index contributed by atoms with van der Waals surface area (Å²) in [5.41, 5.74) is 0. The predicted octanol–water partition coefficient (Wildman–Crippen LogP) is 4.81. The minimum atomic E-state index is 0.426. The molecule has 0 saturated carbocycles. The van der Waals surface area contributed by atoms with Crippen LogP contribution < -0.4 is 0 Å². The lowest BCUT2D eigenvalue weighted by atomic mass is 10.4. The van der Waals surface area contributed by atoms with Crippen LogP contribution in [-0.4, -0.2) is 9.97 Å². The van der Waals surface area contributed by atoms with E-state index in [-0.39, 0.29) is 0 Å². The fourth-order valence-electron chi connectivity index (χ4n) is 1.02. The molecule has 0 amide bonds. The van der Waals surface area contributed by atoms with Gasteiger partial charge in [0.15, 0.2) is 0 Å². The second-order valence-electron chi connectivity index (χ2n) is 2.84. The van der Waals surface area contributed by atoms with Gasteiger partial charge in [-0.2, -0.15) is 0 Å². The van der Waals surface area contributed by atoms with Crippen LogP contribution >= 0.6 is 55.2 Å². The summed E-state index contributed by atoms with van der Waals surface area (Å²) < 4.78 is 1.78. The number of halogens is 3. The Bertz CT molecular complexity index is 505. The lowest BCUT2D eigenvalue weighted by molar-refractivity contribution is 1.03. The average Bonchev–Trinajstić information content (AvgIpc) is 2.28. The summed E-state index contributed by atoms with van der Waals surface area (Å²) in [5.74, 6) is 0. The highest BCUT2D eigenvalue weighted by molar-refractivity contribution is 9.10. The number of rotatable bonds is 2. The van der Waals surface area contributed by atoms with Gasteiger partial charge in [0.05, 0.1) is 4.47 Å².